The molecular formula is C16H21N3OS. The lowest BCUT2D eigenvalue weighted by Gasteiger charge is -2.46. The highest BCUT2D eigenvalue weighted by molar-refractivity contribution is 7.80. The number of hydrogen-bond donors (Lipinski definition) is 2. The van der Waals surface area contributed by atoms with Crippen LogP contribution in [-0.2, 0) is 13.0 Å². The van der Waals surface area contributed by atoms with Crippen molar-refractivity contribution in [2.75, 3.05) is 12.3 Å². The summed E-state index contributed by atoms with van der Waals surface area (Å²) in [5.74, 6) is 1.63. The van der Waals surface area contributed by atoms with Gasteiger partial charge in [0.15, 0.2) is 0 Å². The summed E-state index contributed by atoms with van der Waals surface area (Å²) in [5, 5.41) is 0. The minimum absolute atomic E-state index is 0.00333. The van der Waals surface area contributed by atoms with Gasteiger partial charge in [-0.1, -0.05) is 6.92 Å². The van der Waals surface area contributed by atoms with E-state index in [9.17, 15) is 4.79 Å². The Morgan fingerprint density at radius 2 is 2.29 bits per heavy atom. The molecule has 1 fully saturated rings. The third-order valence-electron chi connectivity index (χ3n) is 4.55. The molecule has 1 aliphatic rings. The van der Waals surface area contributed by atoms with E-state index in [1.807, 2.05) is 25.3 Å². The van der Waals surface area contributed by atoms with E-state index in [-0.39, 0.29) is 5.56 Å². The average molecular weight is 303 g/mol. The fraction of sp³-hybridized carbons (Fsp3) is 0.500. The van der Waals surface area contributed by atoms with Crippen LogP contribution in [0.4, 0.5) is 0 Å². The first-order chi connectivity index (χ1) is 10.1. The first-order valence-electron chi connectivity index (χ1n) is 7.48. The number of nitrogens with zero attached hydrogens (tertiary/aromatic N) is 2. The van der Waals surface area contributed by atoms with E-state index in [0.29, 0.717) is 12.0 Å². The van der Waals surface area contributed by atoms with Gasteiger partial charge in [0.25, 0.3) is 5.56 Å². The second kappa shape index (κ2) is 5.81. The zero-order valence-electron chi connectivity index (χ0n) is 12.5. The van der Waals surface area contributed by atoms with Gasteiger partial charge < -0.3 is 4.98 Å². The zero-order valence-corrected chi connectivity index (χ0v) is 13.4. The van der Waals surface area contributed by atoms with E-state index < -0.39 is 0 Å². The molecule has 0 saturated carbocycles. The summed E-state index contributed by atoms with van der Waals surface area (Å²) >= 11 is 4.37. The number of aromatic amines is 1. The highest BCUT2D eigenvalue weighted by Gasteiger charge is 2.33. The van der Waals surface area contributed by atoms with E-state index in [4.69, 9.17) is 0 Å². The number of thiol groups is 1. The number of nitrogens with one attached hydrogen (secondary N) is 1. The van der Waals surface area contributed by atoms with Gasteiger partial charge in [0.05, 0.1) is 11.0 Å². The number of H-pyrrole nitrogens is 1. The molecule has 2 atom stereocenters. The Bertz CT molecular complexity index is 712. The van der Waals surface area contributed by atoms with Crippen molar-refractivity contribution in [2.45, 2.75) is 32.9 Å². The number of rotatable bonds is 4. The minimum atomic E-state index is -0.00333. The fourth-order valence-electron chi connectivity index (χ4n) is 2.95. The second-order valence-electron chi connectivity index (χ2n) is 5.87. The van der Waals surface area contributed by atoms with Gasteiger partial charge in [-0.3, -0.25) is 14.7 Å². The molecular weight excluding hydrogens is 282 g/mol. The van der Waals surface area contributed by atoms with Gasteiger partial charge in [-0.05, 0) is 42.7 Å². The van der Waals surface area contributed by atoms with Crippen LogP contribution >= 0.6 is 12.6 Å². The molecule has 0 amide bonds. The first kappa shape index (κ1) is 14.6. The summed E-state index contributed by atoms with van der Waals surface area (Å²) in [6, 6.07) is 4.50. The largest absolute Gasteiger partial charge is 0.320 e. The molecule has 0 aromatic carbocycles. The number of aryl methyl sites for hydroxylation is 1. The minimum Gasteiger partial charge on any atom is -0.320 e. The van der Waals surface area contributed by atoms with Crippen LogP contribution in [-0.4, -0.2) is 33.2 Å². The number of pyridine rings is 2. The summed E-state index contributed by atoms with van der Waals surface area (Å²) in [4.78, 5) is 21.8. The number of aromatic nitrogens is 2. The molecule has 1 aliphatic heterocycles. The molecule has 0 aliphatic carbocycles. The topological polar surface area (TPSA) is 49.0 Å². The molecule has 0 radical (unpaired) electrons. The first-order valence-corrected chi connectivity index (χ1v) is 8.11. The van der Waals surface area contributed by atoms with Crippen LogP contribution in [0.1, 0.15) is 25.0 Å². The van der Waals surface area contributed by atoms with Crippen molar-refractivity contribution in [3.05, 3.63) is 39.8 Å². The normalized spacial score (nSPS) is 22.4. The molecule has 112 valence electrons. The number of likely N-dealkylation sites (tertiary alicyclic amines) is 1. The standard InChI is InChI=1S/C16H21N3OS/c1-3-12-5-14-15(18-16(12)20)4-11(6-17-14)7-19-8-13(9-21)10(19)2/h4-6,10,13,21H,3,7-9H2,1-2H3,(H,18,20)/t10-,13+/m1/s1. The lowest BCUT2D eigenvalue weighted by Crippen LogP contribution is -2.54. The molecule has 1 N–H and O–H groups in total. The van der Waals surface area contributed by atoms with Gasteiger partial charge in [0, 0.05) is 30.9 Å². The molecule has 3 heterocycles. The molecule has 5 heteroatoms. The maximum Gasteiger partial charge on any atom is 0.251 e. The number of hydrogen-bond acceptors (Lipinski definition) is 4. The van der Waals surface area contributed by atoms with Crippen LogP contribution in [0.3, 0.4) is 0 Å². The van der Waals surface area contributed by atoms with Gasteiger partial charge >= 0.3 is 0 Å². The monoisotopic (exact) mass is 303 g/mol. The lowest BCUT2D eigenvalue weighted by atomic mass is 9.91. The molecule has 0 spiro atoms. The molecule has 4 nitrogen and oxygen atoms in total. The molecule has 0 bridgehead atoms. The van der Waals surface area contributed by atoms with Gasteiger partial charge in [-0.15, -0.1) is 0 Å². The predicted molar refractivity (Wildman–Crippen MR) is 89.0 cm³/mol. The maximum atomic E-state index is 11.9. The Balaban J connectivity index is 1.83. The van der Waals surface area contributed by atoms with Crippen molar-refractivity contribution in [1.29, 1.82) is 0 Å². The van der Waals surface area contributed by atoms with Crippen LogP contribution in [0, 0.1) is 5.92 Å². The zero-order chi connectivity index (χ0) is 15.0. The van der Waals surface area contributed by atoms with Crippen LogP contribution in [0.25, 0.3) is 11.0 Å². The molecule has 1 saturated heterocycles. The fourth-order valence-corrected chi connectivity index (χ4v) is 3.37. The van der Waals surface area contributed by atoms with Crippen molar-refractivity contribution in [2.24, 2.45) is 5.92 Å². The van der Waals surface area contributed by atoms with Crippen LogP contribution < -0.4 is 5.56 Å². The smallest absolute Gasteiger partial charge is 0.251 e. The summed E-state index contributed by atoms with van der Waals surface area (Å²) < 4.78 is 0. The van der Waals surface area contributed by atoms with E-state index in [2.05, 4.69) is 34.4 Å². The Labute approximate surface area is 130 Å². The quantitative estimate of drug-likeness (QED) is 0.852. The van der Waals surface area contributed by atoms with Gasteiger partial charge in [-0.25, -0.2) is 0 Å². The molecule has 2 aromatic rings. The van der Waals surface area contributed by atoms with Crippen LogP contribution in [0.2, 0.25) is 0 Å². The summed E-state index contributed by atoms with van der Waals surface area (Å²) in [5.41, 5.74) is 3.62. The Hall–Kier alpha value is -1.33. The van der Waals surface area contributed by atoms with Gasteiger partial charge in [-0.2, -0.15) is 12.6 Å². The second-order valence-corrected chi connectivity index (χ2v) is 6.23. The van der Waals surface area contributed by atoms with Crippen molar-refractivity contribution in [3.8, 4) is 0 Å². The molecule has 21 heavy (non-hydrogen) atoms. The van der Waals surface area contributed by atoms with Crippen molar-refractivity contribution in [1.82, 2.24) is 14.9 Å². The highest BCUT2D eigenvalue weighted by atomic mass is 32.1. The highest BCUT2D eigenvalue weighted by Crippen LogP contribution is 2.27. The van der Waals surface area contributed by atoms with Gasteiger partial charge in [0.2, 0.25) is 0 Å². The van der Waals surface area contributed by atoms with Crippen LogP contribution in [0.5, 0.6) is 0 Å². The van der Waals surface area contributed by atoms with E-state index in [0.717, 1.165) is 47.4 Å². The van der Waals surface area contributed by atoms with Crippen molar-refractivity contribution < 1.29 is 0 Å². The number of fused-ring (bicyclic) bond motifs is 1. The third kappa shape index (κ3) is 2.72. The predicted octanol–water partition coefficient (Wildman–Crippen LogP) is 2.24. The Morgan fingerprint density at radius 1 is 1.48 bits per heavy atom. The summed E-state index contributed by atoms with van der Waals surface area (Å²) in [6.07, 6.45) is 2.64. The van der Waals surface area contributed by atoms with E-state index in [1.54, 1.807) is 0 Å². The molecule has 0 unspecified atom stereocenters. The van der Waals surface area contributed by atoms with E-state index >= 15 is 0 Å². The third-order valence-corrected chi connectivity index (χ3v) is 5.02. The SMILES string of the molecule is CCc1cc2ncc(CN3C[C@@H](CS)[C@H]3C)cc2[nH]c1=O. The Kier molecular flexibility index (Phi) is 4.04. The maximum absolute atomic E-state index is 11.9. The van der Waals surface area contributed by atoms with Crippen LogP contribution in [0.15, 0.2) is 23.1 Å². The molecule has 2 aromatic heterocycles. The summed E-state index contributed by atoms with van der Waals surface area (Å²) in [7, 11) is 0. The average Bonchev–Trinajstić information content (AvgIpc) is 2.49. The Morgan fingerprint density at radius 3 is 2.95 bits per heavy atom. The van der Waals surface area contributed by atoms with E-state index in [1.165, 1.54) is 0 Å². The molecule has 3 rings (SSSR count). The lowest BCUT2D eigenvalue weighted by molar-refractivity contribution is 0.0336. The van der Waals surface area contributed by atoms with Gasteiger partial charge in [0.1, 0.15) is 0 Å². The summed E-state index contributed by atoms with van der Waals surface area (Å²) in [6.45, 7) is 6.20. The van der Waals surface area contributed by atoms with Crippen molar-refractivity contribution in [3.63, 3.8) is 0 Å². The van der Waals surface area contributed by atoms with Crippen molar-refractivity contribution >= 4 is 23.7 Å².